The first-order valence-corrected chi connectivity index (χ1v) is 7.80. The molecule has 22 heavy (non-hydrogen) atoms. The van der Waals surface area contributed by atoms with Crippen molar-refractivity contribution >= 4 is 5.91 Å². The average molecular weight is 298 g/mol. The van der Waals surface area contributed by atoms with Crippen molar-refractivity contribution in [2.24, 2.45) is 7.05 Å². The van der Waals surface area contributed by atoms with Gasteiger partial charge < -0.3 is 9.47 Å². The zero-order chi connectivity index (χ0) is 15.5. The minimum Gasteiger partial charge on any atom is -0.342 e. The maximum Gasteiger partial charge on any atom is 0.222 e. The molecule has 2 aromatic heterocycles. The van der Waals surface area contributed by atoms with Crippen molar-refractivity contribution in [3.8, 4) is 0 Å². The largest absolute Gasteiger partial charge is 0.342 e. The quantitative estimate of drug-likeness (QED) is 0.868. The van der Waals surface area contributed by atoms with Gasteiger partial charge >= 0.3 is 0 Å². The van der Waals surface area contributed by atoms with Crippen LogP contribution in [0.25, 0.3) is 0 Å². The lowest BCUT2D eigenvalue weighted by Crippen LogP contribution is -2.28. The highest BCUT2D eigenvalue weighted by Crippen LogP contribution is 2.26. The molecular weight excluding hydrogens is 276 g/mol. The third-order valence-electron chi connectivity index (χ3n) is 4.29. The smallest absolute Gasteiger partial charge is 0.222 e. The van der Waals surface area contributed by atoms with Crippen LogP contribution in [0.4, 0.5) is 0 Å². The van der Waals surface area contributed by atoms with E-state index >= 15 is 0 Å². The van der Waals surface area contributed by atoms with E-state index in [9.17, 15) is 4.79 Å². The Kier molecular flexibility index (Phi) is 4.22. The summed E-state index contributed by atoms with van der Waals surface area (Å²) in [6.07, 6.45) is 7.94. The predicted molar refractivity (Wildman–Crippen MR) is 84.4 cm³/mol. The molecule has 3 rings (SSSR count). The topological polar surface area (TPSA) is 51.0 Å². The van der Waals surface area contributed by atoms with Crippen molar-refractivity contribution in [3.05, 3.63) is 47.8 Å². The van der Waals surface area contributed by atoms with Crippen LogP contribution in [-0.2, 0) is 18.3 Å². The van der Waals surface area contributed by atoms with Gasteiger partial charge in [0.2, 0.25) is 5.91 Å². The number of imidazole rings is 1. The zero-order valence-corrected chi connectivity index (χ0v) is 13.2. The fraction of sp³-hybridized carbons (Fsp3) is 0.471. The molecule has 0 bridgehead atoms. The average Bonchev–Trinajstić information content (AvgIpc) is 3.12. The van der Waals surface area contributed by atoms with Gasteiger partial charge in [0.05, 0.1) is 5.69 Å². The van der Waals surface area contributed by atoms with Crippen LogP contribution in [0.15, 0.2) is 30.7 Å². The van der Waals surface area contributed by atoms with E-state index in [2.05, 4.69) is 14.5 Å². The third-order valence-corrected chi connectivity index (χ3v) is 4.29. The first-order valence-electron chi connectivity index (χ1n) is 7.80. The summed E-state index contributed by atoms with van der Waals surface area (Å²) >= 11 is 0. The second-order valence-corrected chi connectivity index (χ2v) is 6.04. The number of carbonyl (C=O) groups excluding carboxylic acids is 1. The van der Waals surface area contributed by atoms with Crippen LogP contribution in [0.5, 0.6) is 0 Å². The van der Waals surface area contributed by atoms with Crippen LogP contribution in [0.3, 0.4) is 0 Å². The van der Waals surface area contributed by atoms with Crippen molar-refractivity contribution in [2.75, 3.05) is 13.1 Å². The molecule has 0 unspecified atom stereocenters. The molecule has 1 aliphatic heterocycles. The Bertz CT molecular complexity index is 650. The van der Waals surface area contributed by atoms with Gasteiger partial charge in [-0.05, 0) is 31.4 Å². The third kappa shape index (κ3) is 3.18. The normalized spacial score (nSPS) is 17.9. The van der Waals surface area contributed by atoms with E-state index in [1.165, 1.54) is 0 Å². The second kappa shape index (κ2) is 6.30. The Labute approximate surface area is 131 Å². The fourth-order valence-electron chi connectivity index (χ4n) is 3.17. The Morgan fingerprint density at radius 1 is 1.45 bits per heavy atom. The number of hydrogen-bond donors (Lipinski definition) is 0. The van der Waals surface area contributed by atoms with E-state index in [-0.39, 0.29) is 5.91 Å². The Morgan fingerprint density at radius 3 is 3.00 bits per heavy atom. The molecule has 0 aromatic carbocycles. The van der Waals surface area contributed by atoms with Gasteiger partial charge in [0.25, 0.3) is 0 Å². The van der Waals surface area contributed by atoms with Gasteiger partial charge in [0.15, 0.2) is 0 Å². The van der Waals surface area contributed by atoms with Crippen LogP contribution < -0.4 is 0 Å². The molecule has 1 aliphatic rings. The van der Waals surface area contributed by atoms with E-state index in [0.29, 0.717) is 12.3 Å². The lowest BCUT2D eigenvalue weighted by molar-refractivity contribution is -0.130. The van der Waals surface area contributed by atoms with Crippen LogP contribution in [0, 0.1) is 6.92 Å². The van der Waals surface area contributed by atoms with Crippen molar-refractivity contribution in [1.82, 2.24) is 19.4 Å². The van der Waals surface area contributed by atoms with E-state index in [0.717, 1.165) is 43.0 Å². The van der Waals surface area contributed by atoms with Gasteiger partial charge in [-0.1, -0.05) is 6.07 Å². The first-order chi connectivity index (χ1) is 10.6. The molecule has 5 nitrogen and oxygen atoms in total. The Morgan fingerprint density at radius 2 is 2.32 bits per heavy atom. The van der Waals surface area contributed by atoms with E-state index in [4.69, 9.17) is 0 Å². The Hall–Kier alpha value is -2.17. The number of nitrogens with zero attached hydrogens (tertiary/aromatic N) is 4. The molecule has 3 heterocycles. The van der Waals surface area contributed by atoms with Gasteiger partial charge in [-0.15, -0.1) is 0 Å². The summed E-state index contributed by atoms with van der Waals surface area (Å²) in [6.45, 7) is 3.63. The molecule has 0 saturated carbocycles. The molecule has 0 spiro atoms. The van der Waals surface area contributed by atoms with Crippen LogP contribution in [0.2, 0.25) is 0 Å². The van der Waals surface area contributed by atoms with Gasteiger partial charge in [-0.25, -0.2) is 4.98 Å². The number of likely N-dealkylation sites (tertiary alicyclic amines) is 1. The SMILES string of the molecule is Cc1cn(C)c([C@H]2CCN(C(=O)CCc3cccnc3)C2)n1. The lowest BCUT2D eigenvalue weighted by Gasteiger charge is -2.16. The molecule has 116 valence electrons. The molecule has 2 aromatic rings. The molecule has 1 fully saturated rings. The molecule has 0 N–H and O–H groups in total. The molecule has 0 aliphatic carbocycles. The molecule has 1 saturated heterocycles. The summed E-state index contributed by atoms with van der Waals surface area (Å²) in [5.41, 5.74) is 2.16. The van der Waals surface area contributed by atoms with Crippen molar-refractivity contribution in [3.63, 3.8) is 0 Å². The standard InChI is InChI=1S/C17H22N4O/c1-13-11-20(2)17(19-13)15-7-9-21(12-15)16(22)6-5-14-4-3-8-18-10-14/h3-4,8,10-11,15H,5-7,9,12H2,1-2H3/t15-/m0/s1. The van der Waals surface area contributed by atoms with Gasteiger partial charge in [0, 0.05) is 51.1 Å². The zero-order valence-electron chi connectivity index (χ0n) is 13.2. The minimum atomic E-state index is 0.234. The van der Waals surface area contributed by atoms with Crippen LogP contribution in [0.1, 0.15) is 35.8 Å². The number of carbonyl (C=O) groups is 1. The number of aromatic nitrogens is 3. The summed E-state index contributed by atoms with van der Waals surface area (Å²) in [5.74, 6) is 1.69. The summed E-state index contributed by atoms with van der Waals surface area (Å²) in [5, 5.41) is 0. The van der Waals surface area contributed by atoms with Crippen LogP contribution >= 0.6 is 0 Å². The second-order valence-electron chi connectivity index (χ2n) is 6.04. The number of hydrogen-bond acceptors (Lipinski definition) is 3. The number of pyridine rings is 1. The maximum atomic E-state index is 12.4. The maximum absolute atomic E-state index is 12.4. The highest BCUT2D eigenvalue weighted by molar-refractivity contribution is 5.76. The van der Waals surface area contributed by atoms with Gasteiger partial charge in [-0.2, -0.15) is 0 Å². The fourth-order valence-corrected chi connectivity index (χ4v) is 3.17. The highest BCUT2D eigenvalue weighted by atomic mass is 16.2. The molecule has 1 amide bonds. The van der Waals surface area contributed by atoms with E-state index in [1.54, 1.807) is 6.20 Å². The first kappa shape index (κ1) is 14.8. The molecule has 5 heteroatoms. The van der Waals surface area contributed by atoms with Crippen molar-refractivity contribution < 1.29 is 4.79 Å². The number of rotatable bonds is 4. The number of amides is 1. The van der Waals surface area contributed by atoms with Crippen molar-refractivity contribution in [2.45, 2.75) is 32.1 Å². The van der Waals surface area contributed by atoms with E-state index < -0.39 is 0 Å². The monoisotopic (exact) mass is 298 g/mol. The lowest BCUT2D eigenvalue weighted by atomic mass is 10.1. The van der Waals surface area contributed by atoms with Gasteiger partial charge in [-0.3, -0.25) is 9.78 Å². The van der Waals surface area contributed by atoms with Crippen LogP contribution in [-0.4, -0.2) is 38.4 Å². The van der Waals surface area contributed by atoms with Gasteiger partial charge in [0.1, 0.15) is 5.82 Å². The highest BCUT2D eigenvalue weighted by Gasteiger charge is 2.29. The predicted octanol–water partition coefficient (Wildman–Crippen LogP) is 2.07. The minimum absolute atomic E-state index is 0.234. The molecule has 0 radical (unpaired) electrons. The number of aryl methyl sites for hydroxylation is 3. The van der Waals surface area contributed by atoms with E-state index in [1.807, 2.05) is 43.4 Å². The molecule has 1 atom stereocenters. The Balaban J connectivity index is 1.56. The summed E-state index contributed by atoms with van der Waals surface area (Å²) in [7, 11) is 2.03. The summed E-state index contributed by atoms with van der Waals surface area (Å²) in [6, 6.07) is 3.93. The summed E-state index contributed by atoms with van der Waals surface area (Å²) < 4.78 is 2.09. The summed E-state index contributed by atoms with van der Waals surface area (Å²) in [4.78, 5) is 23.0. The molecular formula is C17H22N4O. The van der Waals surface area contributed by atoms with Crippen molar-refractivity contribution in [1.29, 1.82) is 0 Å².